The Morgan fingerprint density at radius 2 is 1.88 bits per heavy atom. The van der Waals surface area contributed by atoms with E-state index in [0.717, 1.165) is 16.5 Å². The fourth-order valence-corrected chi connectivity index (χ4v) is 2.15. The van der Waals surface area contributed by atoms with Crippen molar-refractivity contribution in [3.8, 4) is 0 Å². The van der Waals surface area contributed by atoms with Crippen LogP contribution in [0.25, 0.3) is 10.9 Å². The van der Waals surface area contributed by atoms with Crippen molar-refractivity contribution in [3.63, 3.8) is 0 Å². The highest BCUT2D eigenvalue weighted by molar-refractivity contribution is 6.32. The second-order valence-corrected chi connectivity index (χ2v) is 5.18. The standard InChI is InChI=1S/C12H12Cl2N2/c1-12(2,15)9-6-7-5-8(13)3-4-10(7)16-11(9)14/h3-6H,15H2,1-2H3. The number of rotatable bonds is 1. The first kappa shape index (κ1) is 11.6. The first-order chi connectivity index (χ1) is 7.38. The van der Waals surface area contributed by atoms with E-state index in [4.69, 9.17) is 28.9 Å². The molecule has 1 heterocycles. The predicted octanol–water partition coefficient (Wildman–Crippen LogP) is 3.74. The number of nitrogens with zero attached hydrogens (tertiary/aromatic N) is 1. The molecule has 0 saturated heterocycles. The summed E-state index contributed by atoms with van der Waals surface area (Å²) in [5.74, 6) is 0. The van der Waals surface area contributed by atoms with Crippen LogP contribution in [0.4, 0.5) is 0 Å². The van der Waals surface area contributed by atoms with Gasteiger partial charge in [0.25, 0.3) is 0 Å². The van der Waals surface area contributed by atoms with Gasteiger partial charge in [0.1, 0.15) is 5.15 Å². The Bertz CT molecular complexity index is 544. The van der Waals surface area contributed by atoms with E-state index in [0.29, 0.717) is 10.2 Å². The fourth-order valence-electron chi connectivity index (χ4n) is 1.58. The van der Waals surface area contributed by atoms with Crippen molar-refractivity contribution >= 4 is 34.1 Å². The first-order valence-corrected chi connectivity index (χ1v) is 5.69. The van der Waals surface area contributed by atoms with Gasteiger partial charge in [0, 0.05) is 21.5 Å². The molecule has 0 amide bonds. The summed E-state index contributed by atoms with van der Waals surface area (Å²) in [5, 5.41) is 2.07. The van der Waals surface area contributed by atoms with Crippen LogP contribution in [0.15, 0.2) is 24.3 Å². The van der Waals surface area contributed by atoms with E-state index < -0.39 is 5.54 Å². The Balaban J connectivity index is 2.74. The van der Waals surface area contributed by atoms with Crippen LogP contribution >= 0.6 is 23.2 Å². The van der Waals surface area contributed by atoms with E-state index >= 15 is 0 Å². The average Bonchev–Trinajstić information content (AvgIpc) is 2.16. The zero-order chi connectivity index (χ0) is 11.9. The molecule has 0 bridgehead atoms. The lowest BCUT2D eigenvalue weighted by molar-refractivity contribution is 0.553. The number of aromatic nitrogens is 1. The van der Waals surface area contributed by atoms with Gasteiger partial charge in [-0.15, -0.1) is 0 Å². The van der Waals surface area contributed by atoms with Crippen LogP contribution in [0.1, 0.15) is 19.4 Å². The lowest BCUT2D eigenvalue weighted by Gasteiger charge is -2.20. The SMILES string of the molecule is CC(C)(N)c1cc2cc(Cl)ccc2nc1Cl. The molecular formula is C12H12Cl2N2. The molecule has 0 aliphatic heterocycles. The lowest BCUT2D eigenvalue weighted by Crippen LogP contribution is -2.29. The molecule has 0 unspecified atom stereocenters. The second-order valence-electron chi connectivity index (χ2n) is 4.39. The summed E-state index contributed by atoms with van der Waals surface area (Å²) >= 11 is 12.0. The minimum absolute atomic E-state index is 0.447. The van der Waals surface area contributed by atoms with Crippen molar-refractivity contribution in [2.45, 2.75) is 19.4 Å². The second kappa shape index (κ2) is 3.88. The molecule has 1 aromatic carbocycles. The van der Waals surface area contributed by atoms with Gasteiger partial charge in [0.05, 0.1) is 5.52 Å². The smallest absolute Gasteiger partial charge is 0.134 e. The summed E-state index contributed by atoms with van der Waals surface area (Å²) in [6.07, 6.45) is 0. The van der Waals surface area contributed by atoms with Crippen LogP contribution in [-0.2, 0) is 5.54 Å². The topological polar surface area (TPSA) is 38.9 Å². The monoisotopic (exact) mass is 254 g/mol. The van der Waals surface area contributed by atoms with Crippen LogP contribution in [0.3, 0.4) is 0 Å². The van der Waals surface area contributed by atoms with Gasteiger partial charge in [-0.25, -0.2) is 4.98 Å². The molecule has 16 heavy (non-hydrogen) atoms. The lowest BCUT2D eigenvalue weighted by atomic mass is 9.96. The van der Waals surface area contributed by atoms with Gasteiger partial charge in [-0.2, -0.15) is 0 Å². The fraction of sp³-hybridized carbons (Fsp3) is 0.250. The highest BCUT2D eigenvalue weighted by atomic mass is 35.5. The third-order valence-electron chi connectivity index (χ3n) is 2.42. The third-order valence-corrected chi connectivity index (χ3v) is 2.95. The maximum atomic E-state index is 6.10. The van der Waals surface area contributed by atoms with Crippen molar-refractivity contribution < 1.29 is 0 Å². The van der Waals surface area contributed by atoms with Crippen molar-refractivity contribution in [2.24, 2.45) is 5.73 Å². The number of benzene rings is 1. The van der Waals surface area contributed by atoms with Crippen LogP contribution in [0, 0.1) is 0 Å². The molecule has 84 valence electrons. The van der Waals surface area contributed by atoms with Crippen LogP contribution in [0.2, 0.25) is 10.2 Å². The van der Waals surface area contributed by atoms with Crippen molar-refractivity contribution in [1.82, 2.24) is 4.98 Å². The molecule has 1 aromatic heterocycles. The molecule has 0 aliphatic rings. The van der Waals surface area contributed by atoms with E-state index in [1.54, 1.807) is 6.07 Å². The van der Waals surface area contributed by atoms with Gasteiger partial charge < -0.3 is 5.73 Å². The molecule has 0 fully saturated rings. The number of hydrogen-bond acceptors (Lipinski definition) is 2. The van der Waals surface area contributed by atoms with E-state index in [1.165, 1.54) is 0 Å². The zero-order valence-corrected chi connectivity index (χ0v) is 10.6. The summed E-state index contributed by atoms with van der Waals surface area (Å²) in [5.41, 5.74) is 7.16. The molecule has 4 heteroatoms. The van der Waals surface area contributed by atoms with Gasteiger partial charge in [-0.05, 0) is 38.1 Å². The van der Waals surface area contributed by atoms with Crippen LogP contribution in [0.5, 0.6) is 0 Å². The van der Waals surface area contributed by atoms with Crippen molar-refractivity contribution in [2.75, 3.05) is 0 Å². The number of fused-ring (bicyclic) bond motifs is 1. The van der Waals surface area contributed by atoms with Gasteiger partial charge >= 0.3 is 0 Å². The Kier molecular flexibility index (Phi) is 2.82. The number of halogens is 2. The maximum absolute atomic E-state index is 6.10. The molecule has 0 saturated carbocycles. The Labute approximate surface area is 104 Å². The van der Waals surface area contributed by atoms with E-state index in [-0.39, 0.29) is 0 Å². The highest BCUT2D eigenvalue weighted by Gasteiger charge is 2.19. The molecule has 0 atom stereocenters. The minimum atomic E-state index is -0.513. The molecule has 2 aromatic rings. The van der Waals surface area contributed by atoms with Gasteiger partial charge in [0.15, 0.2) is 0 Å². The predicted molar refractivity (Wildman–Crippen MR) is 69.0 cm³/mol. The average molecular weight is 255 g/mol. The Morgan fingerprint density at radius 1 is 1.19 bits per heavy atom. The minimum Gasteiger partial charge on any atom is -0.322 e. The van der Waals surface area contributed by atoms with Gasteiger partial charge in [0.2, 0.25) is 0 Å². The summed E-state index contributed by atoms with van der Waals surface area (Å²) in [4.78, 5) is 4.31. The molecule has 0 radical (unpaired) electrons. The zero-order valence-electron chi connectivity index (χ0n) is 9.09. The summed E-state index contributed by atoms with van der Waals surface area (Å²) < 4.78 is 0. The van der Waals surface area contributed by atoms with Gasteiger partial charge in [-0.1, -0.05) is 23.2 Å². The first-order valence-electron chi connectivity index (χ1n) is 4.93. The van der Waals surface area contributed by atoms with Crippen LogP contribution in [-0.4, -0.2) is 4.98 Å². The normalized spacial score (nSPS) is 12.1. The van der Waals surface area contributed by atoms with Crippen molar-refractivity contribution in [3.05, 3.63) is 40.0 Å². The van der Waals surface area contributed by atoms with E-state index in [2.05, 4.69) is 4.98 Å². The quantitative estimate of drug-likeness (QED) is 0.788. The highest BCUT2D eigenvalue weighted by Crippen LogP contribution is 2.28. The largest absolute Gasteiger partial charge is 0.322 e. The maximum Gasteiger partial charge on any atom is 0.134 e. The summed E-state index contributed by atoms with van der Waals surface area (Å²) in [7, 11) is 0. The number of nitrogens with two attached hydrogens (primary N) is 1. The third kappa shape index (κ3) is 2.14. The molecule has 0 spiro atoms. The summed E-state index contributed by atoms with van der Waals surface area (Å²) in [6, 6.07) is 7.43. The number of hydrogen-bond donors (Lipinski definition) is 1. The van der Waals surface area contributed by atoms with E-state index in [1.807, 2.05) is 32.0 Å². The molecule has 2 N–H and O–H groups in total. The molecular weight excluding hydrogens is 243 g/mol. The van der Waals surface area contributed by atoms with E-state index in [9.17, 15) is 0 Å². The molecule has 2 nitrogen and oxygen atoms in total. The van der Waals surface area contributed by atoms with Gasteiger partial charge in [-0.3, -0.25) is 0 Å². The van der Waals surface area contributed by atoms with Crippen LogP contribution < -0.4 is 5.73 Å². The Hall–Kier alpha value is -0.830. The van der Waals surface area contributed by atoms with Crippen molar-refractivity contribution in [1.29, 1.82) is 0 Å². The molecule has 2 rings (SSSR count). The summed E-state index contributed by atoms with van der Waals surface area (Å²) in [6.45, 7) is 3.79. The number of pyridine rings is 1. The molecule has 0 aliphatic carbocycles. The Morgan fingerprint density at radius 3 is 2.50 bits per heavy atom.